The maximum absolute atomic E-state index is 2.45. The van der Waals surface area contributed by atoms with Gasteiger partial charge in [0.25, 0.3) is 0 Å². The van der Waals surface area contributed by atoms with E-state index in [1.165, 1.54) is 77.1 Å². The molecule has 11 rings (SSSR count). The van der Waals surface area contributed by atoms with Gasteiger partial charge in [0.2, 0.25) is 0 Å². The minimum Gasteiger partial charge on any atom is -0.310 e. The van der Waals surface area contributed by atoms with Crippen LogP contribution in [0.3, 0.4) is 0 Å². The van der Waals surface area contributed by atoms with Crippen molar-refractivity contribution in [1.82, 2.24) is 4.57 Å². The van der Waals surface area contributed by atoms with Crippen LogP contribution >= 0.6 is 0 Å². The number of hydrogen-bond acceptors (Lipinski definition) is 1. The molecule has 0 aliphatic carbocycles. The summed E-state index contributed by atoms with van der Waals surface area (Å²) < 4.78 is 2.39. The molecule has 0 radical (unpaired) electrons. The summed E-state index contributed by atoms with van der Waals surface area (Å²) in [7, 11) is 0. The molecule has 1 aromatic heterocycles. The zero-order valence-electron chi connectivity index (χ0n) is 33.0. The highest BCUT2D eigenvalue weighted by Crippen LogP contribution is 2.49. The van der Waals surface area contributed by atoms with Crippen molar-refractivity contribution in [2.45, 2.75) is 0 Å². The fourth-order valence-corrected chi connectivity index (χ4v) is 9.09. The van der Waals surface area contributed by atoms with Gasteiger partial charge in [-0.2, -0.15) is 0 Å². The maximum Gasteiger partial charge on any atom is 0.0547 e. The Morgan fingerprint density at radius 2 is 0.850 bits per heavy atom. The fourth-order valence-electron chi connectivity index (χ4n) is 9.09. The number of anilines is 3. The molecule has 2 nitrogen and oxygen atoms in total. The van der Waals surface area contributed by atoms with Crippen LogP contribution in [-0.4, -0.2) is 4.57 Å². The summed E-state index contributed by atoms with van der Waals surface area (Å²) in [6.45, 7) is 0. The average molecular weight is 765 g/mol. The highest BCUT2D eigenvalue weighted by atomic mass is 15.1. The summed E-state index contributed by atoms with van der Waals surface area (Å²) >= 11 is 0. The first kappa shape index (κ1) is 35.2. The van der Waals surface area contributed by atoms with E-state index < -0.39 is 0 Å². The van der Waals surface area contributed by atoms with Gasteiger partial charge in [-0.25, -0.2) is 0 Å². The summed E-state index contributed by atoms with van der Waals surface area (Å²) in [6, 6.07) is 87.9. The van der Waals surface area contributed by atoms with Gasteiger partial charge in [0, 0.05) is 33.4 Å². The van der Waals surface area contributed by atoms with E-state index in [2.05, 4.69) is 252 Å². The molecule has 0 saturated heterocycles. The number of para-hydroxylation sites is 2. The molecule has 0 amide bonds. The molecule has 0 saturated carbocycles. The molecule has 11 aromatic rings. The Labute approximate surface area is 350 Å². The van der Waals surface area contributed by atoms with Crippen molar-refractivity contribution in [1.29, 1.82) is 0 Å². The Hall–Kier alpha value is -7.94. The lowest BCUT2D eigenvalue weighted by atomic mass is 9.87. The van der Waals surface area contributed by atoms with Crippen molar-refractivity contribution in [2.24, 2.45) is 0 Å². The summed E-state index contributed by atoms with van der Waals surface area (Å²) in [5.41, 5.74) is 16.3. The van der Waals surface area contributed by atoms with Crippen molar-refractivity contribution in [3.63, 3.8) is 0 Å². The van der Waals surface area contributed by atoms with Crippen LogP contribution in [0.4, 0.5) is 17.1 Å². The Bertz CT molecular complexity index is 3290. The van der Waals surface area contributed by atoms with E-state index in [0.717, 1.165) is 22.7 Å². The second-order valence-corrected chi connectivity index (χ2v) is 15.3. The van der Waals surface area contributed by atoms with Gasteiger partial charge in [-0.1, -0.05) is 188 Å². The SMILES string of the molecule is c1ccc(-c2ccccc2-c2c(-c3ccccc3)cccc2N(c2ccc(-c3cccc4c3c3ccccc3n4-c3ccccc3)cc2)c2ccc3ccccc3c2)cc1. The van der Waals surface area contributed by atoms with Gasteiger partial charge in [-0.3, -0.25) is 0 Å². The van der Waals surface area contributed by atoms with E-state index in [9.17, 15) is 0 Å². The number of benzene rings is 10. The Balaban J connectivity index is 1.14. The van der Waals surface area contributed by atoms with Crippen LogP contribution < -0.4 is 4.90 Å². The Morgan fingerprint density at radius 1 is 0.317 bits per heavy atom. The van der Waals surface area contributed by atoms with Crippen molar-refractivity contribution in [2.75, 3.05) is 4.90 Å². The molecule has 1 heterocycles. The molecule has 282 valence electrons. The Kier molecular flexibility index (Phi) is 8.87. The molecule has 2 heteroatoms. The summed E-state index contributed by atoms with van der Waals surface area (Å²) in [5, 5.41) is 4.91. The molecule has 10 aromatic carbocycles. The van der Waals surface area contributed by atoms with Crippen LogP contribution in [0.15, 0.2) is 243 Å². The highest BCUT2D eigenvalue weighted by molar-refractivity contribution is 6.16. The molecule has 0 atom stereocenters. The first-order valence-electron chi connectivity index (χ1n) is 20.6. The second kappa shape index (κ2) is 15.1. The Morgan fingerprint density at radius 3 is 1.62 bits per heavy atom. The van der Waals surface area contributed by atoms with Gasteiger partial charge in [0.1, 0.15) is 0 Å². The average Bonchev–Trinajstić information content (AvgIpc) is 3.67. The fraction of sp³-hybridized carbons (Fsp3) is 0. The molecule has 60 heavy (non-hydrogen) atoms. The lowest BCUT2D eigenvalue weighted by Crippen LogP contribution is -2.12. The van der Waals surface area contributed by atoms with Gasteiger partial charge in [-0.15, -0.1) is 0 Å². The molecule has 0 N–H and O–H groups in total. The topological polar surface area (TPSA) is 8.17 Å². The molecule has 0 aliphatic rings. The van der Waals surface area contributed by atoms with Crippen molar-refractivity contribution in [3.05, 3.63) is 243 Å². The lowest BCUT2D eigenvalue weighted by molar-refractivity contribution is 1.18. The van der Waals surface area contributed by atoms with E-state index in [4.69, 9.17) is 0 Å². The number of rotatable bonds is 8. The van der Waals surface area contributed by atoms with E-state index in [0.29, 0.717) is 0 Å². The largest absolute Gasteiger partial charge is 0.310 e. The van der Waals surface area contributed by atoms with E-state index >= 15 is 0 Å². The van der Waals surface area contributed by atoms with Gasteiger partial charge in [0.05, 0.1) is 16.7 Å². The van der Waals surface area contributed by atoms with Crippen LogP contribution in [-0.2, 0) is 0 Å². The molecule has 0 unspecified atom stereocenters. The molecule has 0 bridgehead atoms. The molecular formula is C58H40N2. The highest BCUT2D eigenvalue weighted by Gasteiger charge is 2.23. The van der Waals surface area contributed by atoms with E-state index in [1.54, 1.807) is 0 Å². The number of hydrogen-bond donors (Lipinski definition) is 0. The summed E-state index contributed by atoms with van der Waals surface area (Å²) in [5.74, 6) is 0. The minimum absolute atomic E-state index is 1.08. The third-order valence-corrected chi connectivity index (χ3v) is 11.8. The minimum atomic E-state index is 1.08. The van der Waals surface area contributed by atoms with Crippen LogP contribution in [0.2, 0.25) is 0 Å². The standard InChI is InChI=1S/C58H40N2/c1-4-19-42(20-5-1)49-26-12-13-27-52(49)57-50(43-21-6-2-7-22-43)29-16-32-55(57)59(48-39-34-41-18-10-11-23-45(41)40-48)47-37-35-44(36-38-47)51-30-17-33-56-58(51)53-28-14-15-31-54(53)60(56)46-24-8-3-9-25-46/h1-40H. The maximum atomic E-state index is 2.45. The number of aromatic nitrogens is 1. The van der Waals surface area contributed by atoms with Crippen LogP contribution in [0, 0.1) is 0 Å². The summed E-state index contributed by atoms with van der Waals surface area (Å²) in [4.78, 5) is 2.45. The zero-order chi connectivity index (χ0) is 39.8. The molecule has 0 aliphatic heterocycles. The van der Waals surface area contributed by atoms with Crippen molar-refractivity contribution >= 4 is 49.6 Å². The predicted molar refractivity (Wildman–Crippen MR) is 255 cm³/mol. The quantitative estimate of drug-likeness (QED) is 0.150. The first-order valence-corrected chi connectivity index (χ1v) is 20.6. The normalized spacial score (nSPS) is 11.3. The second-order valence-electron chi connectivity index (χ2n) is 15.3. The predicted octanol–water partition coefficient (Wildman–Crippen LogP) is 16.1. The molecular weight excluding hydrogens is 725 g/mol. The van der Waals surface area contributed by atoms with Crippen LogP contribution in [0.1, 0.15) is 0 Å². The van der Waals surface area contributed by atoms with Gasteiger partial charge in [0.15, 0.2) is 0 Å². The van der Waals surface area contributed by atoms with Crippen molar-refractivity contribution < 1.29 is 0 Å². The van der Waals surface area contributed by atoms with E-state index in [1.807, 2.05) is 0 Å². The van der Waals surface area contributed by atoms with Crippen molar-refractivity contribution in [3.8, 4) is 50.2 Å². The van der Waals surface area contributed by atoms with Crippen LogP contribution in [0.5, 0.6) is 0 Å². The number of nitrogens with zero attached hydrogens (tertiary/aromatic N) is 2. The van der Waals surface area contributed by atoms with Crippen LogP contribution in [0.25, 0.3) is 82.8 Å². The number of fused-ring (bicyclic) bond motifs is 4. The molecule has 0 spiro atoms. The lowest BCUT2D eigenvalue weighted by Gasteiger charge is -2.30. The smallest absolute Gasteiger partial charge is 0.0547 e. The third kappa shape index (κ3) is 6.14. The third-order valence-electron chi connectivity index (χ3n) is 11.8. The zero-order valence-corrected chi connectivity index (χ0v) is 33.0. The van der Waals surface area contributed by atoms with Gasteiger partial charge in [-0.05, 0) is 104 Å². The summed E-state index contributed by atoms with van der Waals surface area (Å²) in [6.07, 6.45) is 0. The monoisotopic (exact) mass is 764 g/mol. The van der Waals surface area contributed by atoms with Gasteiger partial charge < -0.3 is 9.47 Å². The first-order chi connectivity index (χ1) is 29.8. The van der Waals surface area contributed by atoms with Gasteiger partial charge >= 0.3 is 0 Å². The molecule has 0 fully saturated rings. The van der Waals surface area contributed by atoms with E-state index in [-0.39, 0.29) is 0 Å².